The molecule has 0 atom stereocenters. The number of aryl methyl sites for hydroxylation is 1. The van der Waals surface area contributed by atoms with E-state index in [-0.39, 0.29) is 24.2 Å². The Morgan fingerprint density at radius 2 is 2.06 bits per heavy atom. The van der Waals surface area contributed by atoms with Crippen molar-refractivity contribution in [2.24, 2.45) is 0 Å². The van der Waals surface area contributed by atoms with Gasteiger partial charge < -0.3 is 14.8 Å². The second-order valence-electron chi connectivity index (χ2n) is 8.20. The van der Waals surface area contributed by atoms with Crippen LogP contribution in [0.2, 0.25) is 0 Å². The van der Waals surface area contributed by atoms with Gasteiger partial charge in [-0.2, -0.15) is 10.2 Å². The maximum Gasteiger partial charge on any atom is 0.316 e. The van der Waals surface area contributed by atoms with Gasteiger partial charge in [0.15, 0.2) is 11.3 Å². The van der Waals surface area contributed by atoms with Gasteiger partial charge in [0.2, 0.25) is 5.95 Å². The number of rotatable bonds is 6. The fourth-order valence-electron chi connectivity index (χ4n) is 4.00. The highest BCUT2D eigenvalue weighted by molar-refractivity contribution is 5.79. The molecule has 0 radical (unpaired) electrons. The molecule has 10 heteroatoms. The highest BCUT2D eigenvalue weighted by Crippen LogP contribution is 2.31. The molecule has 0 fully saturated rings. The molecule has 4 aromatic rings. The van der Waals surface area contributed by atoms with Crippen molar-refractivity contribution >= 4 is 11.6 Å². The lowest BCUT2D eigenvalue weighted by Gasteiger charge is -2.14. The van der Waals surface area contributed by atoms with E-state index >= 15 is 0 Å². The Kier molecular flexibility index (Phi) is 5.45. The number of aromatic nitrogens is 5. The highest BCUT2D eigenvalue weighted by atomic mass is 19.1. The topological polar surface area (TPSA) is 110 Å². The minimum atomic E-state index is -0.301. The molecule has 9 nitrogen and oxygen atoms in total. The van der Waals surface area contributed by atoms with E-state index < -0.39 is 0 Å². The average molecular weight is 459 g/mol. The van der Waals surface area contributed by atoms with Crippen molar-refractivity contribution in [1.82, 2.24) is 24.3 Å². The van der Waals surface area contributed by atoms with Crippen molar-refractivity contribution in [2.75, 3.05) is 11.9 Å². The standard InChI is InChI=1S/C24H22FN7O2/c1-13(2)34-24-29-9-17(14(3)30-24)19-11-28-23(32-12-15(8-26)31-22(19)32)27-10-18-16-6-7-33-21(16)5-4-20(18)25/h4-5,9,11-13H,6-7,10H2,1-3H3,(H,27,28). The van der Waals surface area contributed by atoms with Crippen molar-refractivity contribution in [2.45, 2.75) is 39.8 Å². The summed E-state index contributed by atoms with van der Waals surface area (Å²) in [5.74, 6) is 0.841. The summed E-state index contributed by atoms with van der Waals surface area (Å²) in [6.45, 7) is 6.41. The van der Waals surface area contributed by atoms with Crippen LogP contribution in [0.1, 0.15) is 36.4 Å². The quantitative estimate of drug-likeness (QED) is 0.463. The van der Waals surface area contributed by atoms with Crippen LogP contribution in [0.3, 0.4) is 0 Å². The monoisotopic (exact) mass is 459 g/mol. The molecule has 34 heavy (non-hydrogen) atoms. The smallest absolute Gasteiger partial charge is 0.316 e. The fraction of sp³-hybridized carbons (Fsp3) is 0.292. The number of benzene rings is 1. The molecular formula is C24H22FN7O2. The zero-order valence-electron chi connectivity index (χ0n) is 19.0. The van der Waals surface area contributed by atoms with Crippen LogP contribution in [0, 0.1) is 24.1 Å². The first-order chi connectivity index (χ1) is 16.4. The average Bonchev–Trinajstić information content (AvgIpc) is 3.46. The summed E-state index contributed by atoms with van der Waals surface area (Å²) >= 11 is 0. The zero-order chi connectivity index (χ0) is 23.8. The normalized spacial score (nSPS) is 12.5. The largest absolute Gasteiger partial charge is 0.493 e. The number of anilines is 1. The summed E-state index contributed by atoms with van der Waals surface area (Å²) < 4.78 is 27.4. The third-order valence-corrected chi connectivity index (χ3v) is 5.56. The van der Waals surface area contributed by atoms with E-state index in [1.807, 2.05) is 20.8 Å². The molecule has 172 valence electrons. The molecule has 0 unspecified atom stereocenters. The Balaban J connectivity index is 1.52. The van der Waals surface area contributed by atoms with Crippen LogP contribution in [0.15, 0.2) is 30.7 Å². The van der Waals surface area contributed by atoms with E-state index in [4.69, 9.17) is 9.47 Å². The number of hydrogen-bond acceptors (Lipinski definition) is 8. The highest BCUT2D eigenvalue weighted by Gasteiger charge is 2.21. The van der Waals surface area contributed by atoms with Crippen LogP contribution in [0.25, 0.3) is 16.8 Å². The molecule has 4 heterocycles. The molecule has 0 spiro atoms. The molecule has 0 saturated heterocycles. The van der Waals surface area contributed by atoms with Gasteiger partial charge in [-0.3, -0.25) is 4.40 Å². The van der Waals surface area contributed by atoms with Gasteiger partial charge in [0.25, 0.3) is 0 Å². The number of nitriles is 1. The second-order valence-corrected chi connectivity index (χ2v) is 8.20. The molecule has 3 aromatic heterocycles. The third-order valence-electron chi connectivity index (χ3n) is 5.56. The first kappa shape index (κ1) is 21.6. The Labute approximate surface area is 195 Å². The maximum absolute atomic E-state index is 14.6. The van der Waals surface area contributed by atoms with E-state index in [0.717, 1.165) is 11.1 Å². The number of fused-ring (bicyclic) bond motifs is 2. The number of imidazole rings is 1. The maximum atomic E-state index is 14.6. The van der Waals surface area contributed by atoms with Crippen molar-refractivity contribution in [3.05, 3.63) is 59.1 Å². The van der Waals surface area contributed by atoms with Gasteiger partial charge >= 0.3 is 6.01 Å². The molecular weight excluding hydrogens is 437 g/mol. The van der Waals surface area contributed by atoms with Gasteiger partial charge in [0, 0.05) is 47.6 Å². The second kappa shape index (κ2) is 8.59. The molecule has 0 aliphatic carbocycles. The molecule has 1 N–H and O–H groups in total. The van der Waals surface area contributed by atoms with Crippen LogP contribution < -0.4 is 14.8 Å². The lowest BCUT2D eigenvalue weighted by molar-refractivity contribution is 0.221. The van der Waals surface area contributed by atoms with Crippen molar-refractivity contribution < 1.29 is 13.9 Å². The summed E-state index contributed by atoms with van der Waals surface area (Å²) in [7, 11) is 0. The molecule has 1 aliphatic heterocycles. The molecule has 0 amide bonds. The van der Waals surface area contributed by atoms with Gasteiger partial charge in [-0.15, -0.1) is 0 Å². The minimum absolute atomic E-state index is 0.0447. The number of halogens is 1. The van der Waals surface area contributed by atoms with Crippen LogP contribution in [-0.2, 0) is 13.0 Å². The number of nitrogens with one attached hydrogen (secondary N) is 1. The first-order valence-corrected chi connectivity index (χ1v) is 10.9. The molecule has 5 rings (SSSR count). The fourth-order valence-corrected chi connectivity index (χ4v) is 4.00. The van der Waals surface area contributed by atoms with E-state index in [2.05, 4.69) is 31.3 Å². The van der Waals surface area contributed by atoms with Crippen LogP contribution >= 0.6 is 0 Å². The molecule has 0 saturated carbocycles. The molecule has 1 aliphatic rings. The molecule has 0 bridgehead atoms. The van der Waals surface area contributed by atoms with Crippen molar-refractivity contribution in [3.8, 4) is 29.0 Å². The number of ether oxygens (including phenoxy) is 2. The lowest BCUT2D eigenvalue weighted by atomic mass is 10.0. The van der Waals surface area contributed by atoms with Crippen LogP contribution in [0.5, 0.6) is 11.8 Å². The summed E-state index contributed by atoms with van der Waals surface area (Å²) in [5, 5.41) is 12.6. The van der Waals surface area contributed by atoms with Crippen LogP contribution in [0.4, 0.5) is 10.3 Å². The summed E-state index contributed by atoms with van der Waals surface area (Å²) in [4.78, 5) is 17.7. The van der Waals surface area contributed by atoms with Gasteiger partial charge in [0.1, 0.15) is 17.6 Å². The minimum Gasteiger partial charge on any atom is -0.493 e. The van der Waals surface area contributed by atoms with E-state index in [9.17, 15) is 9.65 Å². The summed E-state index contributed by atoms with van der Waals surface area (Å²) in [6, 6.07) is 5.43. The number of hydrogen-bond donors (Lipinski definition) is 1. The Hall–Kier alpha value is -4.26. The zero-order valence-corrected chi connectivity index (χ0v) is 19.0. The van der Waals surface area contributed by atoms with E-state index in [0.29, 0.717) is 53.2 Å². The Morgan fingerprint density at radius 3 is 2.82 bits per heavy atom. The molecule has 1 aromatic carbocycles. The Bertz CT molecular complexity index is 1440. The predicted octanol–water partition coefficient (Wildman–Crippen LogP) is 3.84. The first-order valence-electron chi connectivity index (χ1n) is 10.9. The van der Waals surface area contributed by atoms with Gasteiger partial charge in [-0.05, 0) is 32.9 Å². The number of nitrogens with zero attached hydrogens (tertiary/aromatic N) is 6. The van der Waals surface area contributed by atoms with Crippen molar-refractivity contribution in [1.29, 1.82) is 5.26 Å². The van der Waals surface area contributed by atoms with Gasteiger partial charge in [-0.1, -0.05) is 0 Å². The van der Waals surface area contributed by atoms with Gasteiger partial charge in [-0.25, -0.2) is 19.3 Å². The van der Waals surface area contributed by atoms with Gasteiger partial charge in [0.05, 0.1) is 24.6 Å². The van der Waals surface area contributed by atoms with Crippen molar-refractivity contribution in [3.63, 3.8) is 0 Å². The Morgan fingerprint density at radius 1 is 1.24 bits per heavy atom. The van der Waals surface area contributed by atoms with Crippen LogP contribution in [-0.4, -0.2) is 37.0 Å². The van der Waals surface area contributed by atoms with E-state index in [1.54, 1.807) is 29.1 Å². The lowest BCUT2D eigenvalue weighted by Crippen LogP contribution is -2.10. The predicted molar refractivity (Wildman–Crippen MR) is 122 cm³/mol. The summed E-state index contributed by atoms with van der Waals surface area (Å²) in [6.07, 6.45) is 5.51. The summed E-state index contributed by atoms with van der Waals surface area (Å²) in [5.41, 5.74) is 4.23. The third kappa shape index (κ3) is 3.85. The van der Waals surface area contributed by atoms with E-state index in [1.165, 1.54) is 6.07 Å². The SMILES string of the molecule is Cc1nc(OC(C)C)ncc1-c1cnc(NCc2c(F)ccc3c2CCO3)n2cc(C#N)nc12.